The molecule has 0 aliphatic rings. The summed E-state index contributed by atoms with van der Waals surface area (Å²) in [5, 5.41) is 9.41. The molecule has 0 bridgehead atoms. The number of hydrogen-bond donors (Lipinski definition) is 1. The Balaban J connectivity index is 1.99. The molecule has 0 radical (unpaired) electrons. The lowest BCUT2D eigenvalue weighted by Crippen LogP contribution is -1.90. The quantitative estimate of drug-likeness (QED) is 0.871. The SMILES string of the molecule is CCCc1nsc(Oc2ccc(CCO)cc2)n1. The lowest BCUT2D eigenvalue weighted by atomic mass is 10.1. The highest BCUT2D eigenvalue weighted by Crippen LogP contribution is 2.23. The van der Waals surface area contributed by atoms with E-state index in [0.717, 1.165) is 30.0 Å². The van der Waals surface area contributed by atoms with Gasteiger partial charge in [-0.15, -0.1) is 0 Å². The standard InChI is InChI=1S/C13H16N2O2S/c1-2-3-12-14-13(18-15-12)17-11-6-4-10(5-7-11)8-9-16/h4-7,16H,2-3,8-9H2,1H3. The molecule has 1 N–H and O–H groups in total. The van der Waals surface area contributed by atoms with E-state index in [2.05, 4.69) is 16.3 Å². The van der Waals surface area contributed by atoms with E-state index in [1.807, 2.05) is 24.3 Å². The highest BCUT2D eigenvalue weighted by Gasteiger charge is 2.05. The largest absolute Gasteiger partial charge is 0.430 e. The predicted octanol–water partition coefficient (Wildman–Crippen LogP) is 2.82. The van der Waals surface area contributed by atoms with Crippen LogP contribution in [0.2, 0.25) is 0 Å². The summed E-state index contributed by atoms with van der Waals surface area (Å²) in [6, 6.07) is 7.65. The summed E-state index contributed by atoms with van der Waals surface area (Å²) in [6.45, 7) is 2.26. The first kappa shape index (κ1) is 13.0. The van der Waals surface area contributed by atoms with Crippen molar-refractivity contribution in [3.8, 4) is 10.9 Å². The van der Waals surface area contributed by atoms with Crippen molar-refractivity contribution in [2.24, 2.45) is 0 Å². The third-order valence-corrected chi connectivity index (χ3v) is 3.08. The van der Waals surface area contributed by atoms with E-state index in [4.69, 9.17) is 9.84 Å². The average Bonchev–Trinajstić information content (AvgIpc) is 2.80. The first-order valence-electron chi connectivity index (χ1n) is 6.02. The fourth-order valence-corrected chi connectivity index (χ4v) is 2.15. The van der Waals surface area contributed by atoms with Crippen molar-refractivity contribution in [1.82, 2.24) is 9.36 Å². The predicted molar refractivity (Wildman–Crippen MR) is 71.2 cm³/mol. The van der Waals surface area contributed by atoms with E-state index in [1.54, 1.807) is 0 Å². The Kier molecular flexibility index (Phi) is 4.66. The number of benzene rings is 1. The molecule has 0 fully saturated rings. The van der Waals surface area contributed by atoms with Crippen molar-refractivity contribution in [2.75, 3.05) is 6.61 Å². The molecule has 0 spiro atoms. The van der Waals surface area contributed by atoms with Crippen LogP contribution in [0.15, 0.2) is 24.3 Å². The Labute approximate surface area is 110 Å². The van der Waals surface area contributed by atoms with Gasteiger partial charge in [-0.1, -0.05) is 19.1 Å². The summed E-state index contributed by atoms with van der Waals surface area (Å²) in [6.07, 6.45) is 2.58. The van der Waals surface area contributed by atoms with Crippen molar-refractivity contribution >= 4 is 11.5 Å². The van der Waals surface area contributed by atoms with Gasteiger partial charge < -0.3 is 9.84 Å². The van der Waals surface area contributed by atoms with Crippen molar-refractivity contribution in [2.45, 2.75) is 26.2 Å². The van der Waals surface area contributed by atoms with Crippen molar-refractivity contribution in [1.29, 1.82) is 0 Å². The summed E-state index contributed by atoms with van der Waals surface area (Å²) >= 11 is 1.28. The van der Waals surface area contributed by atoms with Gasteiger partial charge in [0.15, 0.2) is 0 Å². The summed E-state index contributed by atoms with van der Waals surface area (Å²) in [5.41, 5.74) is 1.09. The molecule has 1 heterocycles. The summed E-state index contributed by atoms with van der Waals surface area (Å²) in [4.78, 5) is 4.30. The molecule has 2 aromatic rings. The van der Waals surface area contributed by atoms with Gasteiger partial charge in [0.2, 0.25) is 0 Å². The van der Waals surface area contributed by atoms with Crippen LogP contribution in [0.4, 0.5) is 0 Å². The van der Waals surface area contributed by atoms with E-state index in [1.165, 1.54) is 11.5 Å². The molecule has 2 rings (SSSR count). The maximum absolute atomic E-state index is 8.83. The third kappa shape index (κ3) is 3.51. The van der Waals surface area contributed by atoms with Gasteiger partial charge in [-0.2, -0.15) is 9.36 Å². The highest BCUT2D eigenvalue weighted by molar-refractivity contribution is 7.07. The zero-order valence-electron chi connectivity index (χ0n) is 10.3. The number of rotatable bonds is 6. The van der Waals surface area contributed by atoms with Crippen molar-refractivity contribution in [3.05, 3.63) is 35.7 Å². The van der Waals surface area contributed by atoms with Gasteiger partial charge in [0.25, 0.3) is 5.19 Å². The molecule has 1 aromatic heterocycles. The summed E-state index contributed by atoms with van der Waals surface area (Å²) in [5.74, 6) is 1.59. The Morgan fingerprint density at radius 2 is 2.00 bits per heavy atom. The van der Waals surface area contributed by atoms with Crippen molar-refractivity contribution < 1.29 is 9.84 Å². The zero-order chi connectivity index (χ0) is 12.8. The first-order chi connectivity index (χ1) is 8.81. The van der Waals surface area contributed by atoms with Gasteiger partial charge in [-0.3, -0.25) is 0 Å². The van der Waals surface area contributed by atoms with Gasteiger partial charge in [0, 0.05) is 24.6 Å². The maximum Gasteiger partial charge on any atom is 0.298 e. The molecular weight excluding hydrogens is 248 g/mol. The fourth-order valence-electron chi connectivity index (χ4n) is 1.56. The van der Waals surface area contributed by atoms with Gasteiger partial charge in [-0.25, -0.2) is 0 Å². The number of aromatic nitrogens is 2. The average molecular weight is 264 g/mol. The summed E-state index contributed by atoms with van der Waals surface area (Å²) in [7, 11) is 0. The van der Waals surface area contributed by atoms with Crippen LogP contribution in [0.5, 0.6) is 10.9 Å². The number of ether oxygens (including phenoxy) is 1. The number of aliphatic hydroxyl groups excluding tert-OH is 1. The van der Waals surface area contributed by atoms with Crippen LogP contribution < -0.4 is 4.74 Å². The minimum Gasteiger partial charge on any atom is -0.430 e. The smallest absolute Gasteiger partial charge is 0.298 e. The Morgan fingerprint density at radius 3 is 2.67 bits per heavy atom. The molecule has 4 nitrogen and oxygen atoms in total. The number of nitrogens with zero attached hydrogens (tertiary/aromatic N) is 2. The van der Waals surface area contributed by atoms with E-state index < -0.39 is 0 Å². The molecule has 0 unspecified atom stereocenters. The number of aryl methyl sites for hydroxylation is 1. The Bertz CT molecular complexity index is 482. The van der Waals surface area contributed by atoms with Gasteiger partial charge in [0.05, 0.1) is 0 Å². The molecule has 18 heavy (non-hydrogen) atoms. The molecule has 5 heteroatoms. The summed E-state index contributed by atoms with van der Waals surface area (Å²) < 4.78 is 9.84. The van der Waals surface area contributed by atoms with Gasteiger partial charge in [0.1, 0.15) is 11.6 Å². The first-order valence-corrected chi connectivity index (χ1v) is 6.79. The van der Waals surface area contributed by atoms with E-state index in [0.29, 0.717) is 11.6 Å². The molecule has 0 amide bonds. The monoisotopic (exact) mass is 264 g/mol. The van der Waals surface area contributed by atoms with E-state index in [9.17, 15) is 0 Å². The topological polar surface area (TPSA) is 55.2 Å². The second-order valence-electron chi connectivity index (χ2n) is 3.95. The molecule has 0 atom stereocenters. The molecular formula is C13H16N2O2S. The fraction of sp³-hybridized carbons (Fsp3) is 0.385. The molecule has 0 saturated carbocycles. The number of hydrogen-bond acceptors (Lipinski definition) is 5. The van der Waals surface area contributed by atoms with Crippen LogP contribution in [0.25, 0.3) is 0 Å². The second kappa shape index (κ2) is 6.47. The van der Waals surface area contributed by atoms with Crippen LogP contribution in [-0.2, 0) is 12.8 Å². The zero-order valence-corrected chi connectivity index (χ0v) is 11.1. The Morgan fingerprint density at radius 1 is 1.22 bits per heavy atom. The normalized spacial score (nSPS) is 10.6. The van der Waals surface area contributed by atoms with Gasteiger partial charge in [-0.05, 0) is 30.5 Å². The Hall–Kier alpha value is -1.46. The van der Waals surface area contributed by atoms with E-state index in [-0.39, 0.29) is 6.61 Å². The molecule has 1 aromatic carbocycles. The second-order valence-corrected chi connectivity index (χ2v) is 4.66. The van der Waals surface area contributed by atoms with Gasteiger partial charge >= 0.3 is 0 Å². The van der Waals surface area contributed by atoms with Crippen molar-refractivity contribution in [3.63, 3.8) is 0 Å². The van der Waals surface area contributed by atoms with Crippen LogP contribution in [0.3, 0.4) is 0 Å². The molecule has 0 saturated heterocycles. The third-order valence-electron chi connectivity index (χ3n) is 2.45. The van der Waals surface area contributed by atoms with Crippen LogP contribution in [0.1, 0.15) is 24.7 Å². The molecule has 96 valence electrons. The molecule has 0 aliphatic heterocycles. The lowest BCUT2D eigenvalue weighted by Gasteiger charge is -2.02. The van der Waals surface area contributed by atoms with Crippen LogP contribution in [-0.4, -0.2) is 21.1 Å². The van der Waals surface area contributed by atoms with Crippen LogP contribution >= 0.6 is 11.5 Å². The maximum atomic E-state index is 8.83. The highest BCUT2D eigenvalue weighted by atomic mass is 32.1. The van der Waals surface area contributed by atoms with E-state index >= 15 is 0 Å². The van der Waals surface area contributed by atoms with Crippen LogP contribution in [0, 0.1) is 0 Å². The minimum atomic E-state index is 0.164. The molecule has 0 aliphatic carbocycles. The number of aliphatic hydroxyl groups is 1. The minimum absolute atomic E-state index is 0.164. The lowest BCUT2D eigenvalue weighted by molar-refractivity contribution is 0.299.